The molecule has 0 N–H and O–H groups in total. The fourth-order valence-corrected chi connectivity index (χ4v) is 3.39. The van der Waals surface area contributed by atoms with Crippen LogP contribution in [0.3, 0.4) is 0 Å². The standard InChI is InChI=1S/C21H19BrN2O4/c22-18-8-6-17(7-9-18)21(14-24-11-10-23-15-24)27-13-19(28-21)12-26-20(25)16-4-2-1-3-5-16/h1-11,15,19H,12-14H2/t19-,21-/m0/s1. The van der Waals surface area contributed by atoms with E-state index in [-0.39, 0.29) is 18.7 Å². The summed E-state index contributed by atoms with van der Waals surface area (Å²) in [6.45, 7) is 0.889. The highest BCUT2D eigenvalue weighted by Crippen LogP contribution is 2.36. The fraction of sp³-hybridized carbons (Fsp3) is 0.238. The number of nitrogens with zero attached hydrogens (tertiary/aromatic N) is 2. The van der Waals surface area contributed by atoms with Gasteiger partial charge in [0.25, 0.3) is 0 Å². The van der Waals surface area contributed by atoms with Crippen LogP contribution in [0.4, 0.5) is 0 Å². The molecule has 3 aromatic rings. The first-order valence-electron chi connectivity index (χ1n) is 8.90. The van der Waals surface area contributed by atoms with E-state index in [2.05, 4.69) is 20.9 Å². The van der Waals surface area contributed by atoms with Gasteiger partial charge >= 0.3 is 5.97 Å². The van der Waals surface area contributed by atoms with E-state index in [1.54, 1.807) is 36.8 Å². The molecular formula is C21H19BrN2O4. The largest absolute Gasteiger partial charge is 0.459 e. The Labute approximate surface area is 171 Å². The van der Waals surface area contributed by atoms with E-state index in [0.717, 1.165) is 10.0 Å². The summed E-state index contributed by atoms with van der Waals surface area (Å²) in [6.07, 6.45) is 4.93. The first kappa shape index (κ1) is 18.9. The minimum atomic E-state index is -0.967. The fourth-order valence-electron chi connectivity index (χ4n) is 3.12. The summed E-state index contributed by atoms with van der Waals surface area (Å²) in [7, 11) is 0. The number of imidazole rings is 1. The van der Waals surface area contributed by atoms with E-state index < -0.39 is 5.79 Å². The predicted octanol–water partition coefficient (Wildman–Crippen LogP) is 3.77. The lowest BCUT2D eigenvalue weighted by Crippen LogP contribution is -2.34. The van der Waals surface area contributed by atoms with Crippen molar-refractivity contribution in [3.8, 4) is 0 Å². The van der Waals surface area contributed by atoms with E-state index in [0.29, 0.717) is 18.7 Å². The van der Waals surface area contributed by atoms with Crippen LogP contribution in [0.5, 0.6) is 0 Å². The topological polar surface area (TPSA) is 62.6 Å². The van der Waals surface area contributed by atoms with Crippen LogP contribution in [0.1, 0.15) is 15.9 Å². The van der Waals surface area contributed by atoms with E-state index in [1.807, 2.05) is 41.1 Å². The minimum Gasteiger partial charge on any atom is -0.459 e. The minimum absolute atomic E-state index is 0.121. The molecule has 0 saturated carbocycles. The van der Waals surface area contributed by atoms with Crippen molar-refractivity contribution in [1.29, 1.82) is 0 Å². The Morgan fingerprint density at radius 3 is 2.71 bits per heavy atom. The van der Waals surface area contributed by atoms with Gasteiger partial charge in [0, 0.05) is 22.4 Å². The van der Waals surface area contributed by atoms with Gasteiger partial charge in [-0.3, -0.25) is 0 Å². The molecule has 0 unspecified atom stereocenters. The molecule has 7 heteroatoms. The van der Waals surface area contributed by atoms with Gasteiger partial charge in [0.2, 0.25) is 5.79 Å². The molecule has 144 valence electrons. The number of carbonyl (C=O) groups is 1. The molecule has 28 heavy (non-hydrogen) atoms. The molecule has 1 aliphatic rings. The van der Waals surface area contributed by atoms with Crippen molar-refractivity contribution in [2.45, 2.75) is 18.4 Å². The molecule has 2 heterocycles. The summed E-state index contributed by atoms with van der Waals surface area (Å²) < 4.78 is 20.7. The maximum absolute atomic E-state index is 12.2. The molecule has 0 spiro atoms. The van der Waals surface area contributed by atoms with Gasteiger partial charge in [0.05, 0.1) is 25.0 Å². The van der Waals surface area contributed by atoms with E-state index >= 15 is 0 Å². The summed E-state index contributed by atoms with van der Waals surface area (Å²) >= 11 is 3.45. The zero-order chi connectivity index (χ0) is 19.4. The van der Waals surface area contributed by atoms with Crippen LogP contribution in [0.25, 0.3) is 0 Å². The van der Waals surface area contributed by atoms with Gasteiger partial charge in [0.1, 0.15) is 12.7 Å². The molecule has 0 aliphatic carbocycles. The SMILES string of the molecule is O=C(OC[C@H]1CO[C@](Cn2ccnc2)(c2ccc(Br)cc2)O1)c1ccccc1. The Morgan fingerprint density at radius 1 is 1.21 bits per heavy atom. The number of aromatic nitrogens is 2. The number of rotatable bonds is 6. The van der Waals surface area contributed by atoms with E-state index in [1.165, 1.54) is 0 Å². The third-order valence-electron chi connectivity index (χ3n) is 4.50. The van der Waals surface area contributed by atoms with Crippen molar-refractivity contribution in [3.63, 3.8) is 0 Å². The maximum Gasteiger partial charge on any atom is 0.338 e. The van der Waals surface area contributed by atoms with Crippen molar-refractivity contribution >= 4 is 21.9 Å². The Kier molecular flexibility index (Phi) is 5.57. The highest BCUT2D eigenvalue weighted by atomic mass is 79.9. The molecule has 1 fully saturated rings. The van der Waals surface area contributed by atoms with Crippen LogP contribution in [0.2, 0.25) is 0 Å². The summed E-state index contributed by atoms with van der Waals surface area (Å²) in [6, 6.07) is 16.7. The van der Waals surface area contributed by atoms with E-state index in [4.69, 9.17) is 14.2 Å². The van der Waals surface area contributed by atoms with Crippen molar-refractivity contribution in [2.24, 2.45) is 0 Å². The van der Waals surface area contributed by atoms with Crippen LogP contribution in [-0.2, 0) is 26.5 Å². The number of hydrogen-bond acceptors (Lipinski definition) is 5. The average molecular weight is 443 g/mol. The first-order valence-corrected chi connectivity index (χ1v) is 9.70. The van der Waals surface area contributed by atoms with Gasteiger partial charge in [-0.05, 0) is 24.3 Å². The summed E-state index contributed by atoms with van der Waals surface area (Å²) in [5.74, 6) is -1.34. The molecule has 0 bridgehead atoms. The second-order valence-electron chi connectivity index (χ2n) is 6.51. The molecule has 1 aromatic heterocycles. The zero-order valence-electron chi connectivity index (χ0n) is 15.0. The lowest BCUT2D eigenvalue weighted by atomic mass is 10.1. The van der Waals surface area contributed by atoms with Crippen molar-refractivity contribution in [3.05, 3.63) is 88.9 Å². The molecule has 2 aromatic carbocycles. The van der Waals surface area contributed by atoms with Gasteiger partial charge in [-0.15, -0.1) is 0 Å². The lowest BCUT2D eigenvalue weighted by Gasteiger charge is -2.29. The molecule has 0 radical (unpaired) electrons. The third kappa shape index (κ3) is 4.16. The Morgan fingerprint density at radius 2 is 2.00 bits per heavy atom. The second-order valence-corrected chi connectivity index (χ2v) is 7.43. The number of halogens is 1. The van der Waals surface area contributed by atoms with Gasteiger partial charge in [-0.1, -0.05) is 46.3 Å². The van der Waals surface area contributed by atoms with E-state index in [9.17, 15) is 4.79 Å². The smallest absolute Gasteiger partial charge is 0.338 e. The third-order valence-corrected chi connectivity index (χ3v) is 5.03. The predicted molar refractivity (Wildman–Crippen MR) is 106 cm³/mol. The highest BCUT2D eigenvalue weighted by Gasteiger charge is 2.44. The molecule has 0 amide bonds. The summed E-state index contributed by atoms with van der Waals surface area (Å²) in [4.78, 5) is 16.3. The van der Waals surface area contributed by atoms with Crippen molar-refractivity contribution < 1.29 is 19.0 Å². The monoisotopic (exact) mass is 442 g/mol. The number of esters is 1. The lowest BCUT2D eigenvalue weighted by molar-refractivity contribution is -0.190. The van der Waals surface area contributed by atoms with Gasteiger partial charge in [-0.2, -0.15) is 0 Å². The van der Waals surface area contributed by atoms with Crippen molar-refractivity contribution in [2.75, 3.05) is 13.2 Å². The molecule has 4 rings (SSSR count). The highest BCUT2D eigenvalue weighted by molar-refractivity contribution is 9.10. The molecular weight excluding hydrogens is 424 g/mol. The Balaban J connectivity index is 1.47. The molecule has 1 saturated heterocycles. The number of hydrogen-bond donors (Lipinski definition) is 0. The molecule has 2 atom stereocenters. The Hall–Kier alpha value is -2.48. The van der Waals surface area contributed by atoms with Crippen LogP contribution < -0.4 is 0 Å². The number of ether oxygens (including phenoxy) is 3. The first-order chi connectivity index (χ1) is 13.6. The van der Waals surface area contributed by atoms with Crippen molar-refractivity contribution in [1.82, 2.24) is 9.55 Å². The van der Waals surface area contributed by atoms with Gasteiger partial charge in [-0.25, -0.2) is 9.78 Å². The van der Waals surface area contributed by atoms with Gasteiger partial charge in [0.15, 0.2) is 0 Å². The van der Waals surface area contributed by atoms with Gasteiger partial charge < -0.3 is 18.8 Å². The van der Waals surface area contributed by atoms with Crippen LogP contribution >= 0.6 is 15.9 Å². The number of carbonyl (C=O) groups excluding carboxylic acids is 1. The van der Waals surface area contributed by atoms with Crippen LogP contribution in [0.15, 0.2) is 77.8 Å². The molecule has 6 nitrogen and oxygen atoms in total. The number of benzene rings is 2. The average Bonchev–Trinajstić information content (AvgIpc) is 3.38. The molecule has 1 aliphatic heterocycles. The van der Waals surface area contributed by atoms with Crippen LogP contribution in [-0.4, -0.2) is 34.8 Å². The zero-order valence-corrected chi connectivity index (χ0v) is 16.6. The normalized spacial score (nSPS) is 21.5. The van der Waals surface area contributed by atoms with Crippen LogP contribution in [0, 0.1) is 0 Å². The second kappa shape index (κ2) is 8.26. The maximum atomic E-state index is 12.2. The summed E-state index contributed by atoms with van der Waals surface area (Å²) in [5, 5.41) is 0. The quantitative estimate of drug-likeness (QED) is 0.543. The summed E-state index contributed by atoms with van der Waals surface area (Å²) in [5.41, 5.74) is 1.40. The Bertz CT molecular complexity index is 915.